The van der Waals surface area contributed by atoms with E-state index in [4.69, 9.17) is 11.5 Å². The standard InChI is InChI=1S/C15H22N4O2/c1-15(17)9-3-2-4-12(15)13(20)18-10-5-7-11(8-6-10)19-14(16)21/h5-8,12H,2-4,9,17H2,1H3,(H,18,20)(H3,16,19,21). The summed E-state index contributed by atoms with van der Waals surface area (Å²) in [7, 11) is 0. The summed E-state index contributed by atoms with van der Waals surface area (Å²) < 4.78 is 0. The average molecular weight is 290 g/mol. The molecule has 1 aromatic carbocycles. The number of carbonyl (C=O) groups excluding carboxylic acids is 2. The third-order valence-corrected chi connectivity index (χ3v) is 3.99. The summed E-state index contributed by atoms with van der Waals surface area (Å²) in [5, 5.41) is 5.35. The minimum Gasteiger partial charge on any atom is -0.351 e. The first kappa shape index (κ1) is 15.3. The van der Waals surface area contributed by atoms with Crippen LogP contribution in [-0.2, 0) is 4.79 Å². The molecule has 6 nitrogen and oxygen atoms in total. The second-order valence-electron chi connectivity index (χ2n) is 5.86. The van der Waals surface area contributed by atoms with Crippen molar-refractivity contribution in [3.8, 4) is 0 Å². The summed E-state index contributed by atoms with van der Waals surface area (Å²) in [5.41, 5.74) is 12.1. The van der Waals surface area contributed by atoms with Crippen LogP contribution in [0, 0.1) is 5.92 Å². The highest BCUT2D eigenvalue weighted by atomic mass is 16.2. The van der Waals surface area contributed by atoms with Gasteiger partial charge in [-0.25, -0.2) is 4.79 Å². The lowest BCUT2D eigenvalue weighted by molar-refractivity contribution is -0.122. The Hall–Kier alpha value is -2.08. The minimum absolute atomic E-state index is 0.0460. The smallest absolute Gasteiger partial charge is 0.316 e. The average Bonchev–Trinajstić information content (AvgIpc) is 2.39. The third kappa shape index (κ3) is 3.95. The van der Waals surface area contributed by atoms with Gasteiger partial charge in [-0.15, -0.1) is 0 Å². The van der Waals surface area contributed by atoms with Crippen molar-refractivity contribution in [1.29, 1.82) is 0 Å². The van der Waals surface area contributed by atoms with E-state index >= 15 is 0 Å². The van der Waals surface area contributed by atoms with Gasteiger partial charge in [0, 0.05) is 16.9 Å². The van der Waals surface area contributed by atoms with Gasteiger partial charge in [0.1, 0.15) is 0 Å². The van der Waals surface area contributed by atoms with E-state index in [2.05, 4.69) is 10.6 Å². The van der Waals surface area contributed by atoms with Gasteiger partial charge in [0.15, 0.2) is 0 Å². The predicted molar refractivity (Wildman–Crippen MR) is 82.8 cm³/mol. The van der Waals surface area contributed by atoms with E-state index in [1.165, 1.54) is 0 Å². The van der Waals surface area contributed by atoms with Crippen molar-refractivity contribution in [2.24, 2.45) is 17.4 Å². The molecular weight excluding hydrogens is 268 g/mol. The van der Waals surface area contributed by atoms with Gasteiger partial charge in [0.05, 0.1) is 5.92 Å². The fraction of sp³-hybridized carbons (Fsp3) is 0.467. The lowest BCUT2D eigenvalue weighted by Crippen LogP contribution is -2.51. The lowest BCUT2D eigenvalue weighted by Gasteiger charge is -2.37. The molecule has 0 aromatic heterocycles. The zero-order chi connectivity index (χ0) is 15.5. The molecule has 0 radical (unpaired) electrons. The van der Waals surface area contributed by atoms with Crippen molar-refractivity contribution in [3.63, 3.8) is 0 Å². The highest BCUT2D eigenvalue weighted by molar-refractivity contribution is 5.94. The first-order chi connectivity index (χ1) is 9.88. The molecule has 0 bridgehead atoms. The van der Waals surface area contributed by atoms with Crippen molar-refractivity contribution in [3.05, 3.63) is 24.3 Å². The number of urea groups is 1. The number of primary amides is 1. The van der Waals surface area contributed by atoms with E-state index < -0.39 is 11.6 Å². The van der Waals surface area contributed by atoms with Crippen LogP contribution in [0.15, 0.2) is 24.3 Å². The maximum atomic E-state index is 12.4. The van der Waals surface area contributed by atoms with Gasteiger partial charge >= 0.3 is 6.03 Å². The molecule has 0 heterocycles. The van der Waals surface area contributed by atoms with Gasteiger partial charge in [-0.3, -0.25) is 4.79 Å². The van der Waals surface area contributed by atoms with E-state index in [0.29, 0.717) is 11.4 Å². The van der Waals surface area contributed by atoms with Crippen LogP contribution in [0.2, 0.25) is 0 Å². The summed E-state index contributed by atoms with van der Waals surface area (Å²) in [4.78, 5) is 23.1. The van der Waals surface area contributed by atoms with Crippen LogP contribution in [0.25, 0.3) is 0 Å². The van der Waals surface area contributed by atoms with Crippen molar-refractivity contribution in [1.82, 2.24) is 0 Å². The molecule has 2 unspecified atom stereocenters. The molecule has 0 saturated heterocycles. The molecule has 114 valence electrons. The van der Waals surface area contributed by atoms with Crippen LogP contribution in [0.3, 0.4) is 0 Å². The quantitative estimate of drug-likeness (QED) is 0.683. The number of hydrogen-bond donors (Lipinski definition) is 4. The van der Waals surface area contributed by atoms with Gasteiger partial charge in [-0.05, 0) is 44.0 Å². The van der Waals surface area contributed by atoms with Crippen molar-refractivity contribution in [2.45, 2.75) is 38.1 Å². The number of benzene rings is 1. The van der Waals surface area contributed by atoms with E-state index in [1.54, 1.807) is 24.3 Å². The van der Waals surface area contributed by atoms with Crippen LogP contribution >= 0.6 is 0 Å². The van der Waals surface area contributed by atoms with E-state index in [1.807, 2.05) is 6.92 Å². The second kappa shape index (κ2) is 6.13. The molecule has 6 heteroatoms. The Morgan fingerprint density at radius 3 is 2.24 bits per heavy atom. The van der Waals surface area contributed by atoms with Gasteiger partial charge in [0.25, 0.3) is 0 Å². The molecule has 1 aliphatic rings. The molecule has 0 spiro atoms. The normalized spacial score (nSPS) is 25.1. The Balaban J connectivity index is 2.00. The summed E-state index contributed by atoms with van der Waals surface area (Å²) in [6.45, 7) is 1.94. The molecule has 2 atom stereocenters. The highest BCUT2D eigenvalue weighted by Crippen LogP contribution is 2.32. The Kier molecular flexibility index (Phi) is 4.47. The molecular formula is C15H22N4O2. The Bertz CT molecular complexity index is 525. The lowest BCUT2D eigenvalue weighted by atomic mass is 9.74. The zero-order valence-electron chi connectivity index (χ0n) is 12.2. The molecule has 21 heavy (non-hydrogen) atoms. The van der Waals surface area contributed by atoms with Crippen LogP contribution in [0.1, 0.15) is 32.6 Å². The molecule has 1 aliphatic carbocycles. The summed E-state index contributed by atoms with van der Waals surface area (Å²) in [6, 6.07) is 6.19. The Labute approximate surface area is 124 Å². The minimum atomic E-state index is -0.618. The first-order valence-corrected chi connectivity index (χ1v) is 7.15. The van der Waals surface area contributed by atoms with Gasteiger partial charge < -0.3 is 22.1 Å². The van der Waals surface area contributed by atoms with E-state index in [0.717, 1.165) is 25.7 Å². The number of carbonyl (C=O) groups is 2. The number of anilines is 2. The SMILES string of the molecule is CC1(N)CCCCC1C(=O)Nc1ccc(NC(N)=O)cc1. The highest BCUT2D eigenvalue weighted by Gasteiger charge is 2.37. The van der Waals surface area contributed by atoms with Gasteiger partial charge in [-0.2, -0.15) is 0 Å². The van der Waals surface area contributed by atoms with Crippen LogP contribution in [0.5, 0.6) is 0 Å². The topological polar surface area (TPSA) is 110 Å². The fourth-order valence-corrected chi connectivity index (χ4v) is 2.80. The van der Waals surface area contributed by atoms with Crippen LogP contribution in [0.4, 0.5) is 16.2 Å². The van der Waals surface area contributed by atoms with Crippen molar-refractivity contribution >= 4 is 23.3 Å². The number of nitrogens with two attached hydrogens (primary N) is 2. The third-order valence-electron chi connectivity index (χ3n) is 3.99. The van der Waals surface area contributed by atoms with Crippen LogP contribution < -0.4 is 22.1 Å². The second-order valence-corrected chi connectivity index (χ2v) is 5.86. The van der Waals surface area contributed by atoms with E-state index in [-0.39, 0.29) is 11.8 Å². The molecule has 2 rings (SSSR count). The molecule has 0 aliphatic heterocycles. The van der Waals surface area contributed by atoms with Gasteiger partial charge in [0.2, 0.25) is 5.91 Å². The fourth-order valence-electron chi connectivity index (χ4n) is 2.80. The number of hydrogen-bond acceptors (Lipinski definition) is 3. The molecule has 1 saturated carbocycles. The van der Waals surface area contributed by atoms with Gasteiger partial charge in [-0.1, -0.05) is 12.8 Å². The van der Waals surface area contributed by atoms with Crippen LogP contribution in [-0.4, -0.2) is 17.5 Å². The maximum Gasteiger partial charge on any atom is 0.316 e. The molecule has 6 N–H and O–H groups in total. The number of rotatable bonds is 3. The van der Waals surface area contributed by atoms with Crippen molar-refractivity contribution < 1.29 is 9.59 Å². The molecule has 1 fully saturated rings. The number of amides is 3. The monoisotopic (exact) mass is 290 g/mol. The maximum absolute atomic E-state index is 12.4. The van der Waals surface area contributed by atoms with E-state index in [9.17, 15) is 9.59 Å². The summed E-state index contributed by atoms with van der Waals surface area (Å²) >= 11 is 0. The summed E-state index contributed by atoms with van der Waals surface area (Å²) in [6.07, 6.45) is 3.79. The number of nitrogens with one attached hydrogen (secondary N) is 2. The Morgan fingerprint density at radius 1 is 1.14 bits per heavy atom. The van der Waals surface area contributed by atoms with Crippen molar-refractivity contribution in [2.75, 3.05) is 10.6 Å². The first-order valence-electron chi connectivity index (χ1n) is 7.15. The predicted octanol–water partition coefficient (Wildman–Crippen LogP) is 2.02. The summed E-state index contributed by atoms with van der Waals surface area (Å²) in [5.74, 6) is -0.218. The molecule has 3 amide bonds. The molecule has 1 aromatic rings. The zero-order valence-corrected chi connectivity index (χ0v) is 12.2. The Morgan fingerprint density at radius 2 is 1.71 bits per heavy atom. The largest absolute Gasteiger partial charge is 0.351 e.